The van der Waals surface area contributed by atoms with Gasteiger partial charge < -0.3 is 9.80 Å². The fourth-order valence-electron chi connectivity index (χ4n) is 13.5. The zero-order valence-electron chi connectivity index (χ0n) is 56.4. The Morgan fingerprint density at radius 2 is 0.614 bits per heavy atom. The van der Waals surface area contributed by atoms with Gasteiger partial charge in [-0.1, -0.05) is 286 Å². The van der Waals surface area contributed by atoms with Gasteiger partial charge in [0.25, 0.3) is 11.8 Å². The van der Waals surface area contributed by atoms with Crippen molar-refractivity contribution < 1.29 is 9.59 Å². The molecular weight excluding hydrogens is 1290 g/mol. The summed E-state index contributed by atoms with van der Waals surface area (Å²) in [5, 5.41) is 1.93. The highest BCUT2D eigenvalue weighted by molar-refractivity contribution is 9.11. The fourth-order valence-corrected chi connectivity index (χ4v) is 19.1. The van der Waals surface area contributed by atoms with Crippen LogP contribution in [0.1, 0.15) is 345 Å². The minimum Gasteiger partial charge on any atom is -0.306 e. The summed E-state index contributed by atoms with van der Waals surface area (Å²) in [6, 6.07) is 4.72. The zero-order valence-corrected chi connectivity index (χ0v) is 62.8. The Morgan fingerprint density at radius 1 is 0.352 bits per heavy atom. The number of thiazole rings is 2. The molecule has 494 valence electrons. The fraction of sp³-hybridized carbons (Fsp3) is 0.737. The number of unbranched alkanes of at least 4 members (excludes halogenated alkanes) is 34. The van der Waals surface area contributed by atoms with Crippen molar-refractivity contribution in [1.82, 2.24) is 19.8 Å². The largest absolute Gasteiger partial charge is 0.306 e. The first-order valence-corrected chi connectivity index (χ1v) is 41.6. The van der Waals surface area contributed by atoms with E-state index in [1.807, 2.05) is 12.4 Å². The number of thiophene rings is 2. The van der Waals surface area contributed by atoms with Crippen molar-refractivity contribution in [3.8, 4) is 19.8 Å². The van der Waals surface area contributed by atoms with E-state index in [4.69, 9.17) is 9.97 Å². The number of aryl methyl sites for hydroxylation is 2. The highest BCUT2D eigenvalue weighted by Crippen LogP contribution is 2.51. The predicted molar refractivity (Wildman–Crippen MR) is 395 cm³/mol. The smallest absolute Gasteiger partial charge is 0.261 e. The normalized spacial score (nSPS) is 14.3. The van der Waals surface area contributed by atoms with Crippen LogP contribution in [-0.2, 0) is 22.4 Å². The Kier molecular flexibility index (Phi) is 38.1. The number of nitrogens with zero attached hydrogens (tertiary/aromatic N) is 4. The summed E-state index contributed by atoms with van der Waals surface area (Å²) in [5.41, 5.74) is 5.53. The quantitative estimate of drug-likeness (QED) is 0.0413. The Bertz CT molecular complexity index is 2450. The van der Waals surface area contributed by atoms with E-state index in [1.165, 1.54) is 276 Å². The van der Waals surface area contributed by atoms with Gasteiger partial charge in [0.2, 0.25) is 0 Å². The van der Waals surface area contributed by atoms with Gasteiger partial charge in [-0.15, -0.1) is 45.3 Å². The lowest BCUT2D eigenvalue weighted by molar-refractivity contribution is -0.124. The van der Waals surface area contributed by atoms with Gasteiger partial charge in [-0.2, -0.15) is 0 Å². The van der Waals surface area contributed by atoms with Crippen molar-refractivity contribution >= 4 is 100 Å². The molecule has 0 aliphatic carbocycles. The van der Waals surface area contributed by atoms with Gasteiger partial charge in [0.05, 0.1) is 49.6 Å². The molecule has 0 saturated heterocycles. The standard InChI is InChI=1S/C76H120Br2N4O2S4/c1-7-13-19-25-29-31-33-35-39-45-51-61-53-63(85-71(61)77)73-79-55-65(87-73)69-67-68(76(84)81(69)57-59(47-41-23-17-11-5)49-43-37-27-21-15-9-3)70(82(75(67)83)58-60(48-42-24-18-12-6)50-44-38-28-22-16-10-4)66-56-80-74(88-66)64-54-62(72(78)86-64)52-46-40-36-34-32-30-26-20-14-8-2/h53-56,59-60H,7-52,57-58H2,1-6H3. The molecule has 0 radical (unpaired) electrons. The lowest BCUT2D eigenvalue weighted by atomic mass is 9.93. The predicted octanol–water partition coefficient (Wildman–Crippen LogP) is 27.0. The number of rotatable bonds is 54. The first-order chi connectivity index (χ1) is 43.2. The van der Waals surface area contributed by atoms with Gasteiger partial charge in [0.1, 0.15) is 10.0 Å². The molecule has 2 aliphatic heterocycles. The lowest BCUT2D eigenvalue weighted by Crippen LogP contribution is -2.34. The highest BCUT2D eigenvalue weighted by atomic mass is 79.9. The van der Waals surface area contributed by atoms with Crippen LogP contribution in [0.15, 0.2) is 43.2 Å². The average Bonchev–Trinajstić information content (AvgIpc) is 1.58. The van der Waals surface area contributed by atoms with Crippen LogP contribution in [0.25, 0.3) is 31.2 Å². The number of hydrogen-bond acceptors (Lipinski definition) is 8. The summed E-state index contributed by atoms with van der Waals surface area (Å²) >= 11 is 14.9. The monoisotopic (exact) mass is 1410 g/mol. The second kappa shape index (κ2) is 44.6. The van der Waals surface area contributed by atoms with Crippen molar-refractivity contribution in [2.45, 2.75) is 337 Å². The van der Waals surface area contributed by atoms with Gasteiger partial charge in [0.15, 0.2) is 0 Å². The third-order valence-corrected chi connectivity index (χ3v) is 25.2. The molecule has 2 amide bonds. The summed E-state index contributed by atoms with van der Waals surface area (Å²) < 4.78 is 2.39. The van der Waals surface area contributed by atoms with Crippen molar-refractivity contribution in [1.29, 1.82) is 0 Å². The number of carbonyl (C=O) groups is 2. The van der Waals surface area contributed by atoms with Crippen molar-refractivity contribution in [2.24, 2.45) is 11.8 Å². The minimum absolute atomic E-state index is 0.00651. The minimum atomic E-state index is -0.00651. The van der Waals surface area contributed by atoms with E-state index in [0.29, 0.717) is 36.1 Å². The third-order valence-electron chi connectivity index (χ3n) is 18.9. The Labute approximate surface area is 570 Å². The van der Waals surface area contributed by atoms with E-state index >= 15 is 9.59 Å². The Hall–Kier alpha value is -1.96. The Morgan fingerprint density at radius 3 is 0.909 bits per heavy atom. The van der Waals surface area contributed by atoms with E-state index in [0.717, 1.165) is 79.4 Å². The van der Waals surface area contributed by atoms with Gasteiger partial charge in [-0.3, -0.25) is 9.59 Å². The molecular formula is C76H120Br2N4O2S4. The molecule has 2 atom stereocenters. The van der Waals surface area contributed by atoms with Crippen molar-refractivity contribution in [3.63, 3.8) is 0 Å². The maximum Gasteiger partial charge on any atom is 0.261 e. The number of hydrogen-bond donors (Lipinski definition) is 0. The molecule has 0 fully saturated rings. The molecule has 12 heteroatoms. The zero-order chi connectivity index (χ0) is 62.6. The molecule has 0 saturated carbocycles. The molecule has 88 heavy (non-hydrogen) atoms. The summed E-state index contributed by atoms with van der Waals surface area (Å²) in [5.74, 6) is 0.676. The van der Waals surface area contributed by atoms with Crippen molar-refractivity contribution in [3.05, 3.63) is 64.1 Å². The number of amides is 2. The topological polar surface area (TPSA) is 66.4 Å². The van der Waals surface area contributed by atoms with Crippen LogP contribution >= 0.6 is 77.2 Å². The SMILES string of the molecule is CCCCCCCCCCCCc1cc(-c2ncc(C3=C4C(=O)N(CC(CCCCCC)CCCCCCCC)C(c5cnc(-c6cc(CCCCCCCCCCCC)c(Br)s6)s5)=C4C(=O)N3CC(CCCCCC)CCCCCCCC)s2)sc1Br. The number of aromatic nitrogens is 2. The lowest BCUT2D eigenvalue weighted by Gasteiger charge is -2.29. The second-order valence-corrected chi connectivity index (χ2v) is 33.4. The highest BCUT2D eigenvalue weighted by Gasteiger charge is 2.50. The molecule has 2 aliphatic rings. The van der Waals surface area contributed by atoms with Crippen LogP contribution in [0, 0.1) is 11.8 Å². The molecule has 4 aromatic heterocycles. The summed E-state index contributed by atoms with van der Waals surface area (Å²) in [7, 11) is 0. The Balaban J connectivity index is 1.36. The number of halogens is 2. The van der Waals surface area contributed by atoms with Crippen LogP contribution in [0.4, 0.5) is 0 Å². The average molecular weight is 1410 g/mol. The van der Waals surface area contributed by atoms with E-state index in [-0.39, 0.29) is 11.8 Å². The third kappa shape index (κ3) is 25.1. The van der Waals surface area contributed by atoms with Crippen LogP contribution in [0.3, 0.4) is 0 Å². The molecule has 6 rings (SSSR count). The van der Waals surface area contributed by atoms with E-state index in [1.54, 1.807) is 45.3 Å². The molecule has 6 nitrogen and oxygen atoms in total. The molecule has 0 aromatic carbocycles. The molecule has 0 N–H and O–H groups in total. The van der Waals surface area contributed by atoms with Crippen LogP contribution < -0.4 is 0 Å². The first kappa shape index (κ1) is 75.1. The van der Waals surface area contributed by atoms with Crippen LogP contribution in [-0.4, -0.2) is 44.7 Å². The van der Waals surface area contributed by atoms with E-state index < -0.39 is 0 Å². The number of carbonyl (C=O) groups excluding carboxylic acids is 2. The molecule has 2 unspecified atom stereocenters. The molecule has 6 heterocycles. The van der Waals surface area contributed by atoms with E-state index in [9.17, 15) is 0 Å². The second-order valence-electron chi connectivity index (χ2n) is 26.6. The molecule has 0 bridgehead atoms. The van der Waals surface area contributed by atoms with Gasteiger partial charge in [-0.05, 0) is 118 Å². The van der Waals surface area contributed by atoms with Crippen LogP contribution in [0.5, 0.6) is 0 Å². The van der Waals surface area contributed by atoms with Crippen LogP contribution in [0.2, 0.25) is 0 Å². The maximum absolute atomic E-state index is 16.2. The first-order valence-electron chi connectivity index (χ1n) is 36.8. The molecule has 0 spiro atoms. The van der Waals surface area contributed by atoms with Crippen molar-refractivity contribution in [2.75, 3.05) is 13.1 Å². The summed E-state index contributed by atoms with van der Waals surface area (Å²) in [4.78, 5) is 51.1. The van der Waals surface area contributed by atoms with E-state index in [2.05, 4.69) is 95.3 Å². The van der Waals surface area contributed by atoms with Gasteiger partial charge in [-0.25, -0.2) is 9.97 Å². The van der Waals surface area contributed by atoms with Gasteiger partial charge in [0, 0.05) is 25.5 Å². The summed E-state index contributed by atoms with van der Waals surface area (Å²) in [6.07, 6.45) is 61.9. The van der Waals surface area contributed by atoms with Gasteiger partial charge >= 0.3 is 0 Å². The maximum atomic E-state index is 16.2. The summed E-state index contributed by atoms with van der Waals surface area (Å²) in [6.45, 7) is 15.0. The molecule has 4 aromatic rings. The number of fused-ring (bicyclic) bond motifs is 1.